The molecule has 0 saturated carbocycles. The molecule has 0 aromatic carbocycles. The smallest absolute Gasteiger partial charge is 0.306 e. The number of unbranched alkanes of at least 4 members (excludes halogenated alkanes) is 15. The zero-order valence-electron chi connectivity index (χ0n) is 31.4. The summed E-state index contributed by atoms with van der Waals surface area (Å²) >= 11 is 0. The van der Waals surface area contributed by atoms with Crippen LogP contribution in [0.5, 0.6) is 0 Å². The average molecular weight is 669 g/mol. The summed E-state index contributed by atoms with van der Waals surface area (Å²) in [5.74, 6) is -0.154. The highest BCUT2D eigenvalue weighted by Crippen LogP contribution is 2.16. The van der Waals surface area contributed by atoms with Crippen molar-refractivity contribution < 1.29 is 28.6 Å². The maximum absolute atomic E-state index is 12.4. The fourth-order valence-electron chi connectivity index (χ4n) is 5.84. The molecule has 1 N–H and O–H groups in total. The van der Waals surface area contributed by atoms with E-state index in [9.17, 15) is 14.4 Å². The molecular weight excluding hydrogens is 592 g/mol. The Balaban J connectivity index is 4.23. The van der Waals surface area contributed by atoms with Crippen LogP contribution in [0.1, 0.15) is 181 Å². The van der Waals surface area contributed by atoms with Gasteiger partial charge in [-0.2, -0.15) is 0 Å². The van der Waals surface area contributed by atoms with Crippen LogP contribution in [0, 0.1) is 0 Å². The lowest BCUT2D eigenvalue weighted by molar-refractivity contribution is -0.150. The summed E-state index contributed by atoms with van der Waals surface area (Å²) in [6, 6.07) is 0. The number of hydrogen-bond acceptors (Lipinski definition) is 7. The van der Waals surface area contributed by atoms with Crippen LogP contribution in [0.3, 0.4) is 0 Å². The Labute approximate surface area is 290 Å². The molecular formula is C39H76N2O6. The van der Waals surface area contributed by atoms with Crippen LogP contribution in [0.15, 0.2) is 0 Å². The fourth-order valence-corrected chi connectivity index (χ4v) is 5.84. The second kappa shape index (κ2) is 35.6. The molecule has 1 atom stereocenters. The minimum atomic E-state index is -0.0743. The number of rotatable bonds is 36. The van der Waals surface area contributed by atoms with Crippen molar-refractivity contribution in [2.24, 2.45) is 0 Å². The standard InChI is InChI=1S/C39H76N2O6/c1-5-8-11-12-13-17-24-34-46-38(43)28-21-18-23-32-41(33-25-30-40-37(42)35-45-4)31-22-16-14-15-20-29-39(44)47-36(26-10-7-3)27-19-9-6-2/h36H,5-35H2,1-4H3,(H,40,42). The zero-order valence-corrected chi connectivity index (χ0v) is 31.4. The molecule has 0 heterocycles. The minimum Gasteiger partial charge on any atom is -0.466 e. The van der Waals surface area contributed by atoms with Crippen LogP contribution >= 0.6 is 0 Å². The van der Waals surface area contributed by atoms with Crippen molar-refractivity contribution in [2.75, 3.05) is 46.5 Å². The molecule has 0 rings (SSSR count). The monoisotopic (exact) mass is 669 g/mol. The van der Waals surface area contributed by atoms with Crippen molar-refractivity contribution in [3.8, 4) is 0 Å². The largest absolute Gasteiger partial charge is 0.466 e. The van der Waals surface area contributed by atoms with Gasteiger partial charge in [0, 0.05) is 26.5 Å². The number of nitrogens with zero attached hydrogens (tertiary/aromatic N) is 1. The molecule has 278 valence electrons. The van der Waals surface area contributed by atoms with Gasteiger partial charge in [-0.25, -0.2) is 0 Å². The Morgan fingerprint density at radius 1 is 0.574 bits per heavy atom. The number of carbonyl (C=O) groups is 3. The third-order valence-electron chi connectivity index (χ3n) is 8.78. The molecule has 0 aromatic heterocycles. The first-order valence-electron chi connectivity index (χ1n) is 19.8. The molecule has 0 fully saturated rings. The molecule has 0 radical (unpaired) electrons. The molecule has 0 aromatic rings. The van der Waals surface area contributed by atoms with Crippen LogP contribution in [-0.4, -0.2) is 75.4 Å². The van der Waals surface area contributed by atoms with Crippen molar-refractivity contribution >= 4 is 17.8 Å². The normalized spacial score (nSPS) is 11.9. The summed E-state index contributed by atoms with van der Waals surface area (Å²) in [4.78, 5) is 38.7. The quantitative estimate of drug-likeness (QED) is 0.0525. The second-order valence-corrected chi connectivity index (χ2v) is 13.4. The number of ether oxygens (including phenoxy) is 3. The Morgan fingerprint density at radius 2 is 1.09 bits per heavy atom. The third kappa shape index (κ3) is 32.6. The van der Waals surface area contributed by atoms with Crippen molar-refractivity contribution in [2.45, 2.75) is 187 Å². The highest BCUT2D eigenvalue weighted by Gasteiger charge is 2.14. The topological polar surface area (TPSA) is 94.2 Å². The van der Waals surface area contributed by atoms with Crippen molar-refractivity contribution in [3.05, 3.63) is 0 Å². The van der Waals surface area contributed by atoms with E-state index in [1.54, 1.807) is 0 Å². The Bertz CT molecular complexity index is 720. The lowest BCUT2D eigenvalue weighted by Gasteiger charge is -2.22. The van der Waals surface area contributed by atoms with Gasteiger partial charge in [0.1, 0.15) is 12.7 Å². The van der Waals surface area contributed by atoms with Gasteiger partial charge in [0.2, 0.25) is 5.91 Å². The number of amides is 1. The Kier molecular flexibility index (Phi) is 34.4. The number of carbonyl (C=O) groups excluding carboxylic acids is 3. The van der Waals surface area contributed by atoms with Crippen LogP contribution in [0.25, 0.3) is 0 Å². The van der Waals surface area contributed by atoms with Gasteiger partial charge in [-0.3, -0.25) is 14.4 Å². The summed E-state index contributed by atoms with van der Waals surface area (Å²) in [6.07, 6.45) is 26.7. The molecule has 8 heteroatoms. The molecule has 1 amide bonds. The lowest BCUT2D eigenvalue weighted by Crippen LogP contribution is -2.32. The van der Waals surface area contributed by atoms with Crippen molar-refractivity contribution in [1.82, 2.24) is 10.2 Å². The SMILES string of the molecule is CCCCCCCCCOC(=O)CCCCCN(CCCCCCCC(=O)OC(CCCC)CCCCC)CCCNC(=O)COC. The molecule has 0 saturated heterocycles. The summed E-state index contributed by atoms with van der Waals surface area (Å²) in [6.45, 7) is 10.9. The van der Waals surface area contributed by atoms with Crippen molar-refractivity contribution in [3.63, 3.8) is 0 Å². The predicted molar refractivity (Wildman–Crippen MR) is 195 cm³/mol. The van der Waals surface area contributed by atoms with Gasteiger partial charge in [-0.15, -0.1) is 0 Å². The van der Waals surface area contributed by atoms with Gasteiger partial charge in [0.05, 0.1) is 6.61 Å². The number of esters is 2. The second-order valence-electron chi connectivity index (χ2n) is 13.4. The predicted octanol–water partition coefficient (Wildman–Crippen LogP) is 9.32. The van der Waals surface area contributed by atoms with E-state index >= 15 is 0 Å². The van der Waals surface area contributed by atoms with E-state index in [0.717, 1.165) is 122 Å². The van der Waals surface area contributed by atoms with Crippen LogP contribution < -0.4 is 5.32 Å². The first-order valence-corrected chi connectivity index (χ1v) is 19.8. The van der Waals surface area contributed by atoms with Crippen molar-refractivity contribution in [1.29, 1.82) is 0 Å². The molecule has 8 nitrogen and oxygen atoms in total. The lowest BCUT2D eigenvalue weighted by atomic mass is 10.1. The van der Waals surface area contributed by atoms with Gasteiger partial charge >= 0.3 is 11.9 Å². The highest BCUT2D eigenvalue weighted by molar-refractivity contribution is 5.77. The Morgan fingerprint density at radius 3 is 1.74 bits per heavy atom. The summed E-state index contributed by atoms with van der Waals surface area (Å²) < 4.78 is 16.2. The number of hydrogen-bond donors (Lipinski definition) is 1. The maximum atomic E-state index is 12.4. The Hall–Kier alpha value is -1.67. The van der Waals surface area contributed by atoms with Gasteiger partial charge in [0.15, 0.2) is 0 Å². The average Bonchev–Trinajstić information content (AvgIpc) is 3.05. The molecule has 0 aliphatic rings. The van der Waals surface area contributed by atoms with E-state index in [4.69, 9.17) is 14.2 Å². The highest BCUT2D eigenvalue weighted by atomic mass is 16.5. The first-order chi connectivity index (χ1) is 23.0. The van der Waals surface area contributed by atoms with Crippen LogP contribution in [-0.2, 0) is 28.6 Å². The van der Waals surface area contributed by atoms with Gasteiger partial charge in [-0.1, -0.05) is 111 Å². The van der Waals surface area contributed by atoms with Gasteiger partial charge in [0.25, 0.3) is 0 Å². The van der Waals surface area contributed by atoms with Gasteiger partial charge in [-0.05, 0) is 77.4 Å². The first kappa shape index (κ1) is 45.3. The molecule has 0 spiro atoms. The number of nitrogens with one attached hydrogen (secondary N) is 1. The molecule has 1 unspecified atom stereocenters. The zero-order chi connectivity index (χ0) is 34.6. The van der Waals surface area contributed by atoms with Crippen LogP contribution in [0.2, 0.25) is 0 Å². The van der Waals surface area contributed by atoms with E-state index < -0.39 is 0 Å². The summed E-state index contributed by atoms with van der Waals surface area (Å²) in [7, 11) is 1.53. The van der Waals surface area contributed by atoms with E-state index in [2.05, 4.69) is 31.0 Å². The van der Waals surface area contributed by atoms with E-state index in [1.807, 2.05) is 0 Å². The molecule has 0 bridgehead atoms. The summed E-state index contributed by atoms with van der Waals surface area (Å²) in [5, 5.41) is 2.92. The van der Waals surface area contributed by atoms with E-state index in [-0.39, 0.29) is 30.6 Å². The summed E-state index contributed by atoms with van der Waals surface area (Å²) in [5.41, 5.74) is 0. The van der Waals surface area contributed by atoms with Crippen LogP contribution in [0.4, 0.5) is 0 Å². The fraction of sp³-hybridized carbons (Fsp3) is 0.923. The van der Waals surface area contributed by atoms with E-state index in [0.29, 0.717) is 26.0 Å². The number of methoxy groups -OCH3 is 1. The minimum absolute atomic E-state index is 0.0206. The molecule has 47 heavy (non-hydrogen) atoms. The molecule has 0 aliphatic carbocycles. The van der Waals surface area contributed by atoms with Gasteiger partial charge < -0.3 is 24.4 Å². The third-order valence-corrected chi connectivity index (χ3v) is 8.78. The maximum Gasteiger partial charge on any atom is 0.306 e. The molecule has 0 aliphatic heterocycles. The van der Waals surface area contributed by atoms with E-state index in [1.165, 1.54) is 52.1 Å².